The number of aliphatic carboxylic acids is 1. The van der Waals surface area contributed by atoms with E-state index in [-0.39, 0.29) is 18.9 Å². The highest BCUT2D eigenvalue weighted by Gasteiger charge is 2.28. The highest BCUT2D eigenvalue weighted by Crippen LogP contribution is 2.29. The van der Waals surface area contributed by atoms with Gasteiger partial charge in [-0.2, -0.15) is 5.10 Å². The third-order valence-corrected chi connectivity index (χ3v) is 3.59. The highest BCUT2D eigenvalue weighted by atomic mass is 16.4. The zero-order chi connectivity index (χ0) is 15.0. The van der Waals surface area contributed by atoms with Gasteiger partial charge >= 0.3 is 5.97 Å². The molecule has 0 bridgehead atoms. The summed E-state index contributed by atoms with van der Waals surface area (Å²) in [7, 11) is 0. The molecule has 3 rings (SSSR count). The standard InChI is InChI=1S/C15H15N3O3/c1-10-4-2-3-5-11(10)12-8-13-17(9-15(20)21)14(19)6-7-18(13)16-12/h2-5,8H,6-7,9H2,1H3,(H,20,21). The van der Waals surface area contributed by atoms with E-state index in [1.54, 1.807) is 10.7 Å². The summed E-state index contributed by atoms with van der Waals surface area (Å²) in [5, 5.41) is 13.5. The van der Waals surface area contributed by atoms with Crippen LogP contribution in [0, 0.1) is 6.92 Å². The van der Waals surface area contributed by atoms with Gasteiger partial charge in [0.15, 0.2) is 0 Å². The number of carbonyl (C=O) groups is 2. The van der Waals surface area contributed by atoms with E-state index in [4.69, 9.17) is 5.11 Å². The van der Waals surface area contributed by atoms with Gasteiger partial charge in [-0.15, -0.1) is 0 Å². The summed E-state index contributed by atoms with van der Waals surface area (Å²) in [5.41, 5.74) is 2.83. The van der Waals surface area contributed by atoms with Gasteiger partial charge < -0.3 is 5.11 Å². The van der Waals surface area contributed by atoms with Crippen molar-refractivity contribution in [1.29, 1.82) is 0 Å². The molecule has 1 aromatic heterocycles. The summed E-state index contributed by atoms with van der Waals surface area (Å²) in [6, 6.07) is 9.62. The zero-order valence-corrected chi connectivity index (χ0v) is 11.6. The molecule has 1 aliphatic heterocycles. The molecule has 0 spiro atoms. The minimum absolute atomic E-state index is 0.180. The van der Waals surface area contributed by atoms with Crippen LogP contribution in [-0.2, 0) is 16.1 Å². The Labute approximate surface area is 121 Å². The quantitative estimate of drug-likeness (QED) is 0.931. The number of rotatable bonds is 3. The van der Waals surface area contributed by atoms with E-state index in [9.17, 15) is 9.59 Å². The number of carboxylic acid groups (broad SMARTS) is 1. The Kier molecular flexibility index (Phi) is 3.21. The molecule has 1 N–H and O–H groups in total. The van der Waals surface area contributed by atoms with Crippen LogP contribution in [0.3, 0.4) is 0 Å². The maximum absolute atomic E-state index is 11.9. The molecule has 6 nitrogen and oxygen atoms in total. The summed E-state index contributed by atoms with van der Waals surface area (Å²) in [6.07, 6.45) is 0.273. The average Bonchev–Trinajstić information content (AvgIpc) is 2.86. The number of amides is 1. The number of carbonyl (C=O) groups excluding carboxylic acids is 1. The van der Waals surface area contributed by atoms with E-state index >= 15 is 0 Å². The molecule has 0 radical (unpaired) electrons. The lowest BCUT2D eigenvalue weighted by Crippen LogP contribution is -2.40. The number of hydrogen-bond acceptors (Lipinski definition) is 3. The molecule has 21 heavy (non-hydrogen) atoms. The fourth-order valence-corrected chi connectivity index (χ4v) is 2.55. The lowest BCUT2D eigenvalue weighted by Gasteiger charge is -2.25. The van der Waals surface area contributed by atoms with Crippen LogP contribution in [0.15, 0.2) is 30.3 Å². The number of anilines is 1. The lowest BCUT2D eigenvalue weighted by molar-refractivity contribution is -0.136. The molecule has 0 unspecified atom stereocenters. The smallest absolute Gasteiger partial charge is 0.323 e. The fourth-order valence-electron chi connectivity index (χ4n) is 2.55. The molecule has 2 aromatic rings. The van der Waals surface area contributed by atoms with E-state index in [0.29, 0.717) is 12.4 Å². The number of nitrogens with zero attached hydrogens (tertiary/aromatic N) is 3. The number of aryl methyl sites for hydroxylation is 2. The van der Waals surface area contributed by atoms with E-state index < -0.39 is 5.97 Å². The molecule has 108 valence electrons. The highest BCUT2D eigenvalue weighted by molar-refractivity contribution is 5.98. The predicted octanol–water partition coefficient (Wildman–Crippen LogP) is 1.68. The van der Waals surface area contributed by atoms with Gasteiger partial charge in [-0.1, -0.05) is 24.3 Å². The van der Waals surface area contributed by atoms with E-state index in [1.165, 1.54) is 4.90 Å². The van der Waals surface area contributed by atoms with Crippen LogP contribution in [0.1, 0.15) is 12.0 Å². The number of carboxylic acids is 1. The Morgan fingerprint density at radius 1 is 1.38 bits per heavy atom. The number of benzene rings is 1. The number of fused-ring (bicyclic) bond motifs is 1. The number of hydrogen-bond donors (Lipinski definition) is 1. The first-order valence-electron chi connectivity index (χ1n) is 6.72. The van der Waals surface area contributed by atoms with Gasteiger partial charge in [0.25, 0.3) is 0 Å². The van der Waals surface area contributed by atoms with Crippen molar-refractivity contribution in [2.75, 3.05) is 11.4 Å². The topological polar surface area (TPSA) is 75.4 Å². The minimum atomic E-state index is -1.03. The molecule has 0 fully saturated rings. The Hall–Kier alpha value is -2.63. The van der Waals surface area contributed by atoms with Crippen LogP contribution in [0.5, 0.6) is 0 Å². The first kappa shape index (κ1) is 13.4. The van der Waals surface area contributed by atoms with Gasteiger partial charge in [-0.25, -0.2) is 4.68 Å². The molecule has 0 saturated carbocycles. The zero-order valence-electron chi connectivity index (χ0n) is 11.6. The van der Waals surface area contributed by atoms with Gasteiger partial charge in [-0.05, 0) is 12.5 Å². The summed E-state index contributed by atoms with van der Waals surface area (Å²) in [6.45, 7) is 2.14. The van der Waals surface area contributed by atoms with Crippen molar-refractivity contribution in [2.24, 2.45) is 0 Å². The maximum Gasteiger partial charge on any atom is 0.323 e. The fraction of sp³-hybridized carbons (Fsp3) is 0.267. The van der Waals surface area contributed by atoms with Gasteiger partial charge in [0.2, 0.25) is 5.91 Å². The first-order valence-corrected chi connectivity index (χ1v) is 6.72. The molecule has 6 heteroatoms. The predicted molar refractivity (Wildman–Crippen MR) is 77.0 cm³/mol. The SMILES string of the molecule is Cc1ccccc1-c1cc2n(n1)CCC(=O)N2CC(=O)O. The van der Waals surface area contributed by atoms with E-state index in [2.05, 4.69) is 5.10 Å². The van der Waals surface area contributed by atoms with E-state index in [0.717, 1.165) is 16.8 Å². The Balaban J connectivity index is 2.04. The van der Waals surface area contributed by atoms with Crippen molar-refractivity contribution in [3.63, 3.8) is 0 Å². The van der Waals surface area contributed by atoms with Crippen LogP contribution >= 0.6 is 0 Å². The Bertz CT molecular complexity index is 721. The van der Waals surface area contributed by atoms with Crippen LogP contribution < -0.4 is 4.90 Å². The van der Waals surface area contributed by atoms with Gasteiger partial charge in [0, 0.05) is 18.1 Å². The Morgan fingerprint density at radius 2 is 2.14 bits per heavy atom. The molecule has 1 aromatic carbocycles. The largest absolute Gasteiger partial charge is 0.480 e. The molecule has 1 aliphatic rings. The van der Waals surface area contributed by atoms with Crippen LogP contribution in [0.25, 0.3) is 11.3 Å². The van der Waals surface area contributed by atoms with Gasteiger partial charge in [0.05, 0.1) is 12.2 Å². The van der Waals surface area contributed by atoms with Crippen molar-refractivity contribution in [2.45, 2.75) is 19.9 Å². The third kappa shape index (κ3) is 2.40. The van der Waals surface area contributed by atoms with Gasteiger partial charge in [0.1, 0.15) is 12.4 Å². The number of aromatic nitrogens is 2. The molecule has 0 saturated heterocycles. The summed E-state index contributed by atoms with van der Waals surface area (Å²) < 4.78 is 1.70. The molecule has 0 atom stereocenters. The summed E-state index contributed by atoms with van der Waals surface area (Å²) in [4.78, 5) is 24.1. The van der Waals surface area contributed by atoms with Crippen LogP contribution in [-0.4, -0.2) is 33.3 Å². The maximum atomic E-state index is 11.9. The summed E-state index contributed by atoms with van der Waals surface area (Å²) in [5.74, 6) is -0.663. The molecule has 2 heterocycles. The second-order valence-corrected chi connectivity index (χ2v) is 5.05. The second kappa shape index (κ2) is 5.05. The molecule has 1 amide bonds. The van der Waals surface area contributed by atoms with Crippen molar-refractivity contribution in [1.82, 2.24) is 9.78 Å². The second-order valence-electron chi connectivity index (χ2n) is 5.05. The van der Waals surface area contributed by atoms with Crippen molar-refractivity contribution < 1.29 is 14.7 Å². The Morgan fingerprint density at radius 3 is 2.86 bits per heavy atom. The third-order valence-electron chi connectivity index (χ3n) is 3.59. The molecule has 0 aliphatic carbocycles. The van der Waals surface area contributed by atoms with E-state index in [1.807, 2.05) is 31.2 Å². The molecular weight excluding hydrogens is 270 g/mol. The molecular formula is C15H15N3O3. The lowest BCUT2D eigenvalue weighted by atomic mass is 10.1. The minimum Gasteiger partial charge on any atom is -0.480 e. The first-order chi connectivity index (χ1) is 10.1. The van der Waals surface area contributed by atoms with Crippen molar-refractivity contribution >= 4 is 17.7 Å². The monoisotopic (exact) mass is 285 g/mol. The van der Waals surface area contributed by atoms with Crippen LogP contribution in [0.2, 0.25) is 0 Å². The van der Waals surface area contributed by atoms with Gasteiger partial charge in [-0.3, -0.25) is 14.5 Å². The summed E-state index contributed by atoms with van der Waals surface area (Å²) >= 11 is 0. The normalized spacial score (nSPS) is 14.1. The van der Waals surface area contributed by atoms with Crippen molar-refractivity contribution in [3.05, 3.63) is 35.9 Å². The van der Waals surface area contributed by atoms with Crippen molar-refractivity contribution in [3.8, 4) is 11.3 Å². The van der Waals surface area contributed by atoms with Crippen LogP contribution in [0.4, 0.5) is 5.82 Å². The average molecular weight is 285 g/mol.